The molecule has 6 heteroatoms. The van der Waals surface area contributed by atoms with Crippen molar-refractivity contribution < 1.29 is 0 Å². The highest BCUT2D eigenvalue weighted by Gasteiger charge is 2.18. The Morgan fingerprint density at radius 2 is 1.38 bits per heavy atom. The molecule has 0 saturated heterocycles. The second-order valence-corrected chi connectivity index (χ2v) is 5.43. The van der Waals surface area contributed by atoms with E-state index in [0.29, 0.717) is 22.7 Å². The molecule has 0 saturated carbocycles. The summed E-state index contributed by atoms with van der Waals surface area (Å²) in [7, 11) is 0. The number of nitrogens with one attached hydrogen (secondary N) is 1. The van der Waals surface area contributed by atoms with Gasteiger partial charge >= 0.3 is 5.69 Å². The number of H-pyrrole nitrogens is 1. The van der Waals surface area contributed by atoms with Crippen molar-refractivity contribution in [2.45, 2.75) is 6.92 Å². The van der Waals surface area contributed by atoms with Gasteiger partial charge in [0, 0.05) is 5.69 Å². The molecule has 0 aliphatic heterocycles. The van der Waals surface area contributed by atoms with E-state index in [1.54, 1.807) is 16.7 Å². The van der Waals surface area contributed by atoms with Gasteiger partial charge in [0.05, 0.1) is 5.69 Å². The van der Waals surface area contributed by atoms with E-state index in [4.69, 9.17) is 0 Å². The molecule has 0 spiro atoms. The van der Waals surface area contributed by atoms with Gasteiger partial charge in [-0.3, -0.25) is 14.3 Å². The van der Waals surface area contributed by atoms with Crippen molar-refractivity contribution in [2.24, 2.45) is 0 Å². The van der Waals surface area contributed by atoms with Gasteiger partial charge in [-0.25, -0.2) is 14.3 Å². The number of hydrogen-bond acceptors (Lipinski definition) is 3. The molecule has 0 radical (unpaired) electrons. The molecule has 2 heterocycles. The average Bonchev–Trinajstić information content (AvgIpc) is 2.94. The Labute approximate surface area is 136 Å². The molecular weight excluding hydrogens is 304 g/mol. The zero-order chi connectivity index (χ0) is 16.7. The molecule has 0 aliphatic carbocycles. The number of benzene rings is 2. The first-order valence-electron chi connectivity index (χ1n) is 7.52. The highest BCUT2D eigenvalue weighted by Crippen LogP contribution is 2.19. The Kier molecular flexibility index (Phi) is 3.16. The molecule has 2 aromatic heterocycles. The van der Waals surface area contributed by atoms with E-state index in [9.17, 15) is 9.59 Å². The molecule has 6 nitrogen and oxygen atoms in total. The number of hydrogen-bond donors (Lipinski definition) is 1. The fraction of sp³-hybridized carbons (Fsp3) is 0.0556. The minimum Gasteiger partial charge on any atom is -0.290 e. The van der Waals surface area contributed by atoms with Crippen LogP contribution in [0, 0.1) is 6.92 Å². The third-order valence-electron chi connectivity index (χ3n) is 3.91. The molecule has 0 atom stereocenters. The number of fused-ring (bicyclic) bond motifs is 1. The summed E-state index contributed by atoms with van der Waals surface area (Å²) in [6.07, 6.45) is 0. The molecular formula is C18H14N4O2. The summed E-state index contributed by atoms with van der Waals surface area (Å²) in [5.74, 6) is 0.636. The predicted octanol–water partition coefficient (Wildman–Crippen LogP) is 2.17. The number of aromatic amines is 1. The number of rotatable bonds is 2. The van der Waals surface area contributed by atoms with Crippen LogP contribution in [0.5, 0.6) is 0 Å². The summed E-state index contributed by atoms with van der Waals surface area (Å²) in [6.45, 7) is 1.81. The molecule has 2 aromatic carbocycles. The van der Waals surface area contributed by atoms with Gasteiger partial charge in [-0.2, -0.15) is 0 Å². The number of imidazole rings is 1. The molecule has 118 valence electrons. The monoisotopic (exact) mass is 318 g/mol. The van der Waals surface area contributed by atoms with Crippen LogP contribution in [0.3, 0.4) is 0 Å². The van der Waals surface area contributed by atoms with Gasteiger partial charge in [-0.15, -0.1) is 0 Å². The van der Waals surface area contributed by atoms with E-state index >= 15 is 0 Å². The quantitative estimate of drug-likeness (QED) is 0.615. The van der Waals surface area contributed by atoms with E-state index in [2.05, 4.69) is 9.97 Å². The SMILES string of the molecule is Cc1nc2c(c(=O)[nH]c(=O)n2-c2ccccc2)n1-c1ccccc1. The molecule has 4 aromatic rings. The first-order valence-corrected chi connectivity index (χ1v) is 7.52. The average molecular weight is 318 g/mol. The van der Waals surface area contributed by atoms with Crippen LogP contribution in [0.1, 0.15) is 5.82 Å². The van der Waals surface area contributed by atoms with Crippen molar-refractivity contribution >= 4 is 11.2 Å². The Morgan fingerprint density at radius 1 is 0.833 bits per heavy atom. The third kappa shape index (κ3) is 2.08. The molecule has 4 rings (SSSR count). The first-order chi connectivity index (χ1) is 11.7. The minimum atomic E-state index is -0.503. The number of nitrogens with zero attached hydrogens (tertiary/aromatic N) is 3. The lowest BCUT2D eigenvalue weighted by molar-refractivity contribution is 0.928. The van der Waals surface area contributed by atoms with Crippen LogP contribution in [0.25, 0.3) is 22.5 Å². The summed E-state index contributed by atoms with van der Waals surface area (Å²) in [4.78, 5) is 31.7. The second-order valence-electron chi connectivity index (χ2n) is 5.43. The Morgan fingerprint density at radius 3 is 1.96 bits per heavy atom. The van der Waals surface area contributed by atoms with Crippen LogP contribution >= 0.6 is 0 Å². The van der Waals surface area contributed by atoms with Crippen LogP contribution in [-0.4, -0.2) is 19.1 Å². The van der Waals surface area contributed by atoms with E-state index in [1.165, 1.54) is 4.57 Å². The van der Waals surface area contributed by atoms with E-state index in [-0.39, 0.29) is 0 Å². The van der Waals surface area contributed by atoms with Gasteiger partial charge < -0.3 is 0 Å². The Hall–Kier alpha value is -3.41. The van der Waals surface area contributed by atoms with Gasteiger partial charge in [0.1, 0.15) is 5.82 Å². The molecule has 0 bridgehead atoms. The minimum absolute atomic E-state index is 0.344. The second kappa shape index (κ2) is 5.34. The van der Waals surface area contributed by atoms with Gasteiger partial charge in [0.15, 0.2) is 11.2 Å². The summed E-state index contributed by atoms with van der Waals surface area (Å²) in [5, 5.41) is 0. The summed E-state index contributed by atoms with van der Waals surface area (Å²) in [5.41, 5.74) is 1.21. The highest BCUT2D eigenvalue weighted by molar-refractivity contribution is 5.75. The number of aromatic nitrogens is 4. The summed E-state index contributed by atoms with van der Waals surface area (Å²) >= 11 is 0. The molecule has 0 aliphatic rings. The maximum atomic E-state index is 12.5. The smallest absolute Gasteiger partial charge is 0.290 e. The van der Waals surface area contributed by atoms with Gasteiger partial charge in [-0.05, 0) is 31.2 Å². The van der Waals surface area contributed by atoms with E-state index < -0.39 is 11.2 Å². The number of aryl methyl sites for hydroxylation is 1. The lowest BCUT2D eigenvalue weighted by atomic mass is 10.3. The van der Waals surface area contributed by atoms with E-state index in [1.807, 2.05) is 55.5 Å². The maximum absolute atomic E-state index is 12.5. The van der Waals surface area contributed by atoms with Crippen molar-refractivity contribution in [1.82, 2.24) is 19.1 Å². The predicted molar refractivity (Wildman–Crippen MR) is 92.0 cm³/mol. The van der Waals surface area contributed by atoms with Crippen molar-refractivity contribution in [1.29, 1.82) is 0 Å². The fourth-order valence-electron chi connectivity index (χ4n) is 2.90. The topological polar surface area (TPSA) is 72.7 Å². The fourth-order valence-corrected chi connectivity index (χ4v) is 2.90. The normalized spacial score (nSPS) is 11.0. The van der Waals surface area contributed by atoms with Gasteiger partial charge in [0.2, 0.25) is 0 Å². The lowest BCUT2D eigenvalue weighted by Crippen LogP contribution is -2.30. The third-order valence-corrected chi connectivity index (χ3v) is 3.91. The zero-order valence-corrected chi connectivity index (χ0v) is 12.9. The number of para-hydroxylation sites is 2. The van der Waals surface area contributed by atoms with E-state index in [0.717, 1.165) is 5.69 Å². The zero-order valence-electron chi connectivity index (χ0n) is 12.9. The Bertz CT molecular complexity index is 1140. The lowest BCUT2D eigenvalue weighted by Gasteiger charge is -2.08. The molecule has 0 amide bonds. The van der Waals surface area contributed by atoms with Crippen molar-refractivity contribution in [2.75, 3.05) is 0 Å². The van der Waals surface area contributed by atoms with Gasteiger partial charge in [-0.1, -0.05) is 36.4 Å². The standard InChI is InChI=1S/C18H14N4O2/c1-12-19-16-15(21(12)13-8-4-2-5-9-13)17(23)20-18(24)22(16)14-10-6-3-7-11-14/h2-11H,1H3,(H,20,23,24). The van der Waals surface area contributed by atoms with Crippen LogP contribution < -0.4 is 11.2 Å². The van der Waals surface area contributed by atoms with Crippen LogP contribution in [0.2, 0.25) is 0 Å². The maximum Gasteiger partial charge on any atom is 0.334 e. The highest BCUT2D eigenvalue weighted by atomic mass is 16.2. The first kappa shape index (κ1) is 14.2. The molecule has 0 fully saturated rings. The Balaban J connectivity index is 2.15. The summed E-state index contributed by atoms with van der Waals surface area (Å²) < 4.78 is 3.18. The largest absolute Gasteiger partial charge is 0.334 e. The molecule has 1 N–H and O–H groups in total. The van der Waals surface area contributed by atoms with Crippen LogP contribution in [0.15, 0.2) is 70.3 Å². The van der Waals surface area contributed by atoms with Crippen molar-refractivity contribution in [3.8, 4) is 11.4 Å². The van der Waals surface area contributed by atoms with Crippen LogP contribution in [0.4, 0.5) is 0 Å². The summed E-state index contributed by atoms with van der Waals surface area (Å²) in [6, 6.07) is 18.6. The van der Waals surface area contributed by atoms with Crippen molar-refractivity contribution in [3.05, 3.63) is 87.3 Å². The van der Waals surface area contributed by atoms with Gasteiger partial charge in [0.25, 0.3) is 5.56 Å². The van der Waals surface area contributed by atoms with Crippen LogP contribution in [-0.2, 0) is 0 Å². The van der Waals surface area contributed by atoms with Crippen molar-refractivity contribution in [3.63, 3.8) is 0 Å². The molecule has 0 unspecified atom stereocenters. The molecule has 24 heavy (non-hydrogen) atoms.